The van der Waals surface area contributed by atoms with E-state index in [2.05, 4.69) is 19.9 Å². The Hall–Kier alpha value is -3.57. The van der Waals surface area contributed by atoms with E-state index >= 15 is 0 Å². The average Bonchev–Trinajstić information content (AvgIpc) is 3.31. The standard InChI is InChI=1S/C30H33ClFN5O4S/c1-29(2,3)40-24(38)15-23-35-25-17(7-8-21(32)26(25)42-23)18-14-22-19(13-20(18)31)27(34-16-33-22)36-9-11-37(12-10-36)28(39)41-30(4,5)6/h7-8,13-14,16H,9-12,15H2,1-6H3. The SMILES string of the molecule is CC(C)(C)OC(=O)Cc1nc2c(-c3cc4ncnc(N5CCN(C(=O)OC(C)(C)C)CC5)c4cc3Cl)ccc(F)c2s1. The molecule has 0 saturated carbocycles. The van der Waals surface area contributed by atoms with Crippen molar-refractivity contribution in [2.45, 2.75) is 59.2 Å². The highest BCUT2D eigenvalue weighted by atomic mass is 35.5. The quantitative estimate of drug-likeness (QED) is 0.236. The van der Waals surface area contributed by atoms with Crippen LogP contribution < -0.4 is 4.90 Å². The zero-order valence-electron chi connectivity index (χ0n) is 24.5. The predicted octanol–water partition coefficient (Wildman–Crippen LogP) is 6.64. The van der Waals surface area contributed by atoms with Crippen LogP contribution in [-0.2, 0) is 20.7 Å². The van der Waals surface area contributed by atoms with Gasteiger partial charge in [0.2, 0.25) is 0 Å². The fourth-order valence-electron chi connectivity index (χ4n) is 4.76. The van der Waals surface area contributed by atoms with Gasteiger partial charge in [-0.2, -0.15) is 0 Å². The van der Waals surface area contributed by atoms with Crippen molar-refractivity contribution in [3.63, 3.8) is 0 Å². The molecule has 2 aromatic heterocycles. The van der Waals surface area contributed by atoms with Crippen molar-refractivity contribution in [1.29, 1.82) is 0 Å². The van der Waals surface area contributed by atoms with Crippen LogP contribution in [0.5, 0.6) is 0 Å². The van der Waals surface area contributed by atoms with Gasteiger partial charge in [-0.05, 0) is 65.8 Å². The van der Waals surface area contributed by atoms with Crippen molar-refractivity contribution < 1.29 is 23.5 Å². The second-order valence-electron chi connectivity index (χ2n) is 12.1. The van der Waals surface area contributed by atoms with Crippen molar-refractivity contribution in [2.75, 3.05) is 31.1 Å². The van der Waals surface area contributed by atoms with Gasteiger partial charge in [0, 0.05) is 47.7 Å². The number of ether oxygens (including phenoxy) is 2. The first kappa shape index (κ1) is 29.9. The van der Waals surface area contributed by atoms with E-state index in [1.165, 1.54) is 12.4 Å². The minimum atomic E-state index is -0.630. The molecular formula is C30H33ClFN5O4S. The van der Waals surface area contributed by atoms with E-state index in [4.69, 9.17) is 21.1 Å². The molecule has 9 nitrogen and oxygen atoms in total. The maximum absolute atomic E-state index is 14.8. The molecule has 0 atom stereocenters. The van der Waals surface area contributed by atoms with Crippen LogP contribution in [0.4, 0.5) is 15.0 Å². The second-order valence-corrected chi connectivity index (χ2v) is 13.6. The summed E-state index contributed by atoms with van der Waals surface area (Å²) in [6.45, 7) is 13.1. The lowest BCUT2D eigenvalue weighted by Crippen LogP contribution is -2.50. The fourth-order valence-corrected chi connectivity index (χ4v) is 6.01. The number of thiazole rings is 1. The number of fused-ring (bicyclic) bond motifs is 2. The molecule has 2 aromatic carbocycles. The Morgan fingerprint density at radius 2 is 1.67 bits per heavy atom. The van der Waals surface area contributed by atoms with Crippen LogP contribution in [-0.4, -0.2) is 69.3 Å². The monoisotopic (exact) mass is 613 g/mol. The van der Waals surface area contributed by atoms with Crippen molar-refractivity contribution in [1.82, 2.24) is 19.9 Å². The Kier molecular flexibility index (Phi) is 8.02. The van der Waals surface area contributed by atoms with Gasteiger partial charge in [0.1, 0.15) is 34.2 Å². The van der Waals surface area contributed by atoms with Crippen LogP contribution in [0.3, 0.4) is 0 Å². The Balaban J connectivity index is 1.44. The lowest BCUT2D eigenvalue weighted by atomic mass is 10.0. The van der Waals surface area contributed by atoms with E-state index in [-0.39, 0.29) is 12.5 Å². The van der Waals surface area contributed by atoms with Gasteiger partial charge in [-0.1, -0.05) is 11.6 Å². The number of carbonyl (C=O) groups excluding carboxylic acids is 2. The number of carbonyl (C=O) groups is 2. The van der Waals surface area contributed by atoms with Gasteiger partial charge in [-0.15, -0.1) is 11.3 Å². The predicted molar refractivity (Wildman–Crippen MR) is 163 cm³/mol. The molecule has 1 amide bonds. The van der Waals surface area contributed by atoms with Gasteiger partial charge in [0.25, 0.3) is 0 Å². The Labute approximate surface area is 252 Å². The maximum atomic E-state index is 14.8. The highest BCUT2D eigenvalue weighted by molar-refractivity contribution is 7.18. The van der Waals surface area contributed by atoms with Gasteiger partial charge in [-0.25, -0.2) is 24.1 Å². The highest BCUT2D eigenvalue weighted by Gasteiger charge is 2.28. The van der Waals surface area contributed by atoms with Crippen LogP contribution in [0, 0.1) is 5.82 Å². The minimum Gasteiger partial charge on any atom is -0.460 e. The number of aromatic nitrogens is 3. The first-order chi connectivity index (χ1) is 19.7. The molecule has 1 saturated heterocycles. The van der Waals surface area contributed by atoms with Crippen molar-refractivity contribution in [2.24, 2.45) is 0 Å². The molecule has 42 heavy (non-hydrogen) atoms. The topological polar surface area (TPSA) is 97.7 Å². The third-order valence-corrected chi connectivity index (χ3v) is 7.86. The number of piperazine rings is 1. The summed E-state index contributed by atoms with van der Waals surface area (Å²) in [4.78, 5) is 42.3. The Morgan fingerprint density at radius 1 is 0.976 bits per heavy atom. The van der Waals surface area contributed by atoms with E-state index in [0.29, 0.717) is 63.1 Å². The summed E-state index contributed by atoms with van der Waals surface area (Å²) < 4.78 is 26.1. The smallest absolute Gasteiger partial charge is 0.410 e. The van der Waals surface area contributed by atoms with Gasteiger partial charge in [0.15, 0.2) is 0 Å². The van der Waals surface area contributed by atoms with Gasteiger partial charge in [0.05, 0.1) is 22.2 Å². The number of hydrogen-bond donors (Lipinski definition) is 0. The molecule has 1 aliphatic rings. The lowest BCUT2D eigenvalue weighted by Gasteiger charge is -2.36. The third kappa shape index (κ3) is 6.57. The number of esters is 1. The molecule has 0 radical (unpaired) electrons. The zero-order valence-corrected chi connectivity index (χ0v) is 26.0. The zero-order chi connectivity index (χ0) is 30.4. The number of nitrogens with zero attached hydrogens (tertiary/aromatic N) is 5. The Morgan fingerprint density at radius 3 is 2.33 bits per heavy atom. The number of benzene rings is 2. The molecule has 1 aliphatic heterocycles. The summed E-state index contributed by atoms with van der Waals surface area (Å²) in [6.07, 6.45) is 1.11. The largest absolute Gasteiger partial charge is 0.460 e. The molecular weight excluding hydrogens is 581 g/mol. The molecule has 222 valence electrons. The molecule has 0 unspecified atom stereocenters. The van der Waals surface area contributed by atoms with Crippen LogP contribution in [0.1, 0.15) is 46.6 Å². The van der Waals surface area contributed by atoms with Crippen LogP contribution >= 0.6 is 22.9 Å². The van der Waals surface area contributed by atoms with E-state index < -0.39 is 23.0 Å². The summed E-state index contributed by atoms with van der Waals surface area (Å²) >= 11 is 7.97. The van der Waals surface area contributed by atoms with Crippen LogP contribution in [0.25, 0.3) is 32.2 Å². The average molecular weight is 614 g/mol. The van der Waals surface area contributed by atoms with Crippen LogP contribution in [0.15, 0.2) is 30.6 Å². The Bertz CT molecular complexity index is 1670. The number of amides is 1. The summed E-state index contributed by atoms with van der Waals surface area (Å²) in [5.74, 6) is -0.132. The van der Waals surface area contributed by atoms with Crippen molar-refractivity contribution >= 4 is 61.9 Å². The first-order valence-corrected chi connectivity index (χ1v) is 14.9. The number of hydrogen-bond acceptors (Lipinski definition) is 9. The van der Waals surface area contributed by atoms with E-state index in [1.54, 1.807) is 31.7 Å². The van der Waals surface area contributed by atoms with E-state index in [9.17, 15) is 14.0 Å². The summed E-state index contributed by atoms with van der Waals surface area (Å²) in [5, 5.41) is 1.65. The first-order valence-electron chi connectivity index (χ1n) is 13.7. The molecule has 0 bridgehead atoms. The molecule has 5 rings (SSSR count). The van der Waals surface area contributed by atoms with Gasteiger partial charge < -0.3 is 19.3 Å². The number of anilines is 1. The van der Waals surface area contributed by atoms with Gasteiger partial charge in [-0.3, -0.25) is 4.79 Å². The van der Waals surface area contributed by atoms with E-state index in [0.717, 1.165) is 22.5 Å². The maximum Gasteiger partial charge on any atom is 0.410 e. The molecule has 0 N–H and O–H groups in total. The molecule has 0 aliphatic carbocycles. The third-order valence-electron chi connectivity index (χ3n) is 6.48. The highest BCUT2D eigenvalue weighted by Crippen LogP contribution is 2.40. The molecule has 12 heteroatoms. The summed E-state index contributed by atoms with van der Waals surface area (Å²) in [7, 11) is 0. The van der Waals surface area contributed by atoms with E-state index in [1.807, 2.05) is 32.9 Å². The number of halogens is 2. The van der Waals surface area contributed by atoms with Crippen molar-refractivity contribution in [3.8, 4) is 11.1 Å². The molecule has 3 heterocycles. The second kappa shape index (κ2) is 11.3. The van der Waals surface area contributed by atoms with Crippen molar-refractivity contribution in [3.05, 3.63) is 46.4 Å². The number of rotatable bonds is 4. The lowest BCUT2D eigenvalue weighted by molar-refractivity contribution is -0.153. The van der Waals surface area contributed by atoms with Gasteiger partial charge >= 0.3 is 12.1 Å². The molecule has 4 aromatic rings. The fraction of sp³-hybridized carbons (Fsp3) is 0.433. The minimum absolute atomic E-state index is 0.0568. The molecule has 0 spiro atoms. The normalized spacial score (nSPS) is 14.5. The summed E-state index contributed by atoms with van der Waals surface area (Å²) in [6, 6.07) is 6.67. The molecule has 1 fully saturated rings. The summed E-state index contributed by atoms with van der Waals surface area (Å²) in [5.41, 5.74) is 1.18. The van der Waals surface area contributed by atoms with Crippen LogP contribution in [0.2, 0.25) is 5.02 Å².